The molecule has 0 spiro atoms. The fourth-order valence-electron chi connectivity index (χ4n) is 8.20. The van der Waals surface area contributed by atoms with Gasteiger partial charge in [0.1, 0.15) is 48.8 Å². The van der Waals surface area contributed by atoms with Gasteiger partial charge in [-0.1, -0.05) is 187 Å². The summed E-state index contributed by atoms with van der Waals surface area (Å²) >= 11 is 0. The summed E-state index contributed by atoms with van der Waals surface area (Å²) in [5.41, 5.74) is 15.4. The van der Waals surface area contributed by atoms with Crippen molar-refractivity contribution in [3.63, 3.8) is 0 Å². The molecule has 0 aliphatic carbocycles. The minimum absolute atomic E-state index is 0.0635. The summed E-state index contributed by atoms with van der Waals surface area (Å²) in [6, 6.07) is 56.9. The third kappa shape index (κ3) is 13.9. The second-order valence-electron chi connectivity index (χ2n) is 16.4. The van der Waals surface area contributed by atoms with E-state index in [1.165, 1.54) is 0 Å². The van der Waals surface area contributed by atoms with Crippen LogP contribution in [0.4, 0.5) is 4.39 Å². The zero-order valence-corrected chi connectivity index (χ0v) is 37.1. The van der Waals surface area contributed by atoms with Crippen molar-refractivity contribution < 1.29 is 47.0 Å². The molecule has 0 amide bonds. The van der Waals surface area contributed by atoms with Gasteiger partial charge in [0.15, 0.2) is 6.29 Å². The van der Waals surface area contributed by atoms with Gasteiger partial charge < -0.3 is 42.6 Å². The molecule has 2 aliphatic heterocycles. The van der Waals surface area contributed by atoms with Crippen LogP contribution in [0.2, 0.25) is 0 Å². The fourth-order valence-corrected chi connectivity index (χ4v) is 8.20. The van der Waals surface area contributed by atoms with E-state index in [1.54, 1.807) is 0 Å². The third-order valence-electron chi connectivity index (χ3n) is 11.6. The van der Waals surface area contributed by atoms with Gasteiger partial charge >= 0.3 is 0 Å². The molecule has 6 aromatic rings. The molecule has 0 bridgehead atoms. The Hall–Kier alpha value is -5.80. The molecular formula is C54H56FN3O9. The summed E-state index contributed by atoms with van der Waals surface area (Å²) in [5, 5.41) is 3.93. The molecule has 0 radical (unpaired) electrons. The van der Waals surface area contributed by atoms with Gasteiger partial charge in [-0.2, -0.15) is 0 Å². The number of hydrogen-bond donors (Lipinski definition) is 0. The van der Waals surface area contributed by atoms with E-state index < -0.39 is 61.4 Å². The zero-order chi connectivity index (χ0) is 45.9. The van der Waals surface area contributed by atoms with Crippen LogP contribution < -0.4 is 0 Å². The van der Waals surface area contributed by atoms with Gasteiger partial charge in [0.25, 0.3) is 0 Å². The average molecular weight is 910 g/mol. The Bertz CT molecular complexity index is 2360. The van der Waals surface area contributed by atoms with Crippen LogP contribution in [0, 0.1) is 0 Å². The summed E-state index contributed by atoms with van der Waals surface area (Å²) in [7, 11) is 0. The minimum atomic E-state index is -2.09. The van der Waals surface area contributed by atoms with Crippen LogP contribution in [0.3, 0.4) is 0 Å². The fraction of sp³-hybridized carbons (Fsp3) is 0.333. The Labute approximate surface area is 391 Å². The first-order chi connectivity index (χ1) is 33.1. The molecule has 67 heavy (non-hydrogen) atoms. The summed E-state index contributed by atoms with van der Waals surface area (Å²) < 4.78 is 76.4. The van der Waals surface area contributed by atoms with E-state index in [2.05, 4.69) is 10.0 Å². The van der Waals surface area contributed by atoms with Crippen molar-refractivity contribution in [1.82, 2.24) is 0 Å². The lowest BCUT2D eigenvalue weighted by Crippen LogP contribution is -2.65. The maximum absolute atomic E-state index is 16.5. The van der Waals surface area contributed by atoms with E-state index in [4.69, 9.17) is 42.6 Å². The minimum Gasteiger partial charge on any atom is -0.374 e. The van der Waals surface area contributed by atoms with Gasteiger partial charge in [-0.05, 0) is 38.9 Å². The monoisotopic (exact) mass is 909 g/mol. The number of azide groups is 1. The highest BCUT2D eigenvalue weighted by Crippen LogP contribution is 2.37. The van der Waals surface area contributed by atoms with Crippen molar-refractivity contribution >= 4 is 0 Å². The largest absolute Gasteiger partial charge is 0.374 e. The Morgan fingerprint density at radius 2 is 0.746 bits per heavy atom. The van der Waals surface area contributed by atoms with Crippen LogP contribution in [-0.4, -0.2) is 74.6 Å². The molecule has 0 N–H and O–H groups in total. The van der Waals surface area contributed by atoms with Crippen molar-refractivity contribution in [1.29, 1.82) is 0 Å². The zero-order valence-electron chi connectivity index (χ0n) is 37.1. The predicted molar refractivity (Wildman–Crippen MR) is 249 cm³/mol. The first kappa shape index (κ1) is 47.7. The van der Waals surface area contributed by atoms with Crippen LogP contribution in [0.1, 0.15) is 33.4 Å². The summed E-state index contributed by atoms with van der Waals surface area (Å²) in [4.78, 5) is 3.06. The lowest BCUT2D eigenvalue weighted by molar-refractivity contribution is -0.356. The van der Waals surface area contributed by atoms with Crippen LogP contribution in [0.25, 0.3) is 10.4 Å². The Balaban J connectivity index is 1.16. The lowest BCUT2D eigenvalue weighted by Gasteiger charge is -2.49. The van der Waals surface area contributed by atoms with E-state index in [0.29, 0.717) is 6.61 Å². The number of rotatable bonds is 23. The smallest absolute Gasteiger partial charge is 0.210 e. The Morgan fingerprint density at radius 1 is 0.418 bits per heavy atom. The van der Waals surface area contributed by atoms with Gasteiger partial charge in [0.2, 0.25) is 6.36 Å². The number of halogens is 1. The molecule has 8 rings (SSSR count). The van der Waals surface area contributed by atoms with E-state index >= 15 is 4.39 Å². The lowest BCUT2D eigenvalue weighted by atomic mass is 9.95. The molecule has 348 valence electrons. The topological polar surface area (TPSA) is 132 Å². The van der Waals surface area contributed by atoms with E-state index in [-0.39, 0.29) is 46.2 Å². The SMILES string of the molecule is [N-]=[N+]=N[C@H]1C(F)O[C@H](COCc2ccccc2)[C@H](OCc2ccccc2)[C@@H]1O[C@@H]1O[C@H](COCc2ccccc2)[C@H](OCc2ccccc2)[C@H](OCc2ccccc2)[C@H]1OCc1ccccc1. The molecule has 2 heterocycles. The molecular weight excluding hydrogens is 854 g/mol. The van der Waals surface area contributed by atoms with Crippen LogP contribution in [-0.2, 0) is 82.3 Å². The van der Waals surface area contributed by atoms with Gasteiger partial charge in [0.05, 0.1) is 52.9 Å². The Kier molecular flexibility index (Phi) is 18.1. The molecule has 12 nitrogen and oxygen atoms in total. The third-order valence-corrected chi connectivity index (χ3v) is 11.6. The van der Waals surface area contributed by atoms with Crippen molar-refractivity contribution in [3.8, 4) is 0 Å². The van der Waals surface area contributed by atoms with Gasteiger partial charge in [-0.15, -0.1) is 0 Å². The highest BCUT2D eigenvalue weighted by molar-refractivity contribution is 5.18. The first-order valence-corrected chi connectivity index (χ1v) is 22.6. The van der Waals surface area contributed by atoms with Crippen LogP contribution in [0.15, 0.2) is 187 Å². The number of alkyl halides is 1. The quantitative estimate of drug-likeness (QED) is 0.0350. The number of ether oxygens (including phenoxy) is 9. The Morgan fingerprint density at radius 3 is 1.13 bits per heavy atom. The van der Waals surface area contributed by atoms with E-state index in [0.717, 1.165) is 33.4 Å². The highest BCUT2D eigenvalue weighted by atomic mass is 19.1. The van der Waals surface area contributed by atoms with Gasteiger partial charge in [0, 0.05) is 4.91 Å². The highest BCUT2D eigenvalue weighted by Gasteiger charge is 2.54. The summed E-state index contributed by atoms with van der Waals surface area (Å²) in [6.07, 6.45) is -10.1. The number of hydrogen-bond acceptors (Lipinski definition) is 10. The van der Waals surface area contributed by atoms with Crippen molar-refractivity contribution in [2.75, 3.05) is 13.2 Å². The van der Waals surface area contributed by atoms with Crippen molar-refractivity contribution in [3.05, 3.63) is 226 Å². The molecule has 10 atom stereocenters. The van der Waals surface area contributed by atoms with Gasteiger partial charge in [-0.3, -0.25) is 0 Å². The molecule has 1 unspecified atom stereocenters. The summed E-state index contributed by atoms with van der Waals surface area (Å²) in [6.45, 7) is 1.21. The van der Waals surface area contributed by atoms with Gasteiger partial charge in [-0.25, -0.2) is 4.39 Å². The molecule has 2 fully saturated rings. The molecule has 2 aliphatic rings. The molecule has 2 saturated heterocycles. The molecule has 0 saturated carbocycles. The maximum Gasteiger partial charge on any atom is 0.210 e. The average Bonchev–Trinajstić information content (AvgIpc) is 3.37. The number of benzene rings is 6. The maximum atomic E-state index is 16.5. The standard InChI is InChI=1S/C54H56FN3O9/c55-53-47(57-58-56)50(48(61-33-41-23-11-3-12-24-41)45(65-53)37-59-31-39-19-7-1-8-20-39)67-54-52(64-36-44-29-17-6-18-30-44)51(63-35-43-27-15-5-16-28-43)49(62-34-42-25-13-4-14-26-42)46(66-54)38-60-32-40-21-9-2-10-22-40/h1-30,45-54H,31-38H2/t45-,46-,47-,48+,49+,50-,51+,52-,53?,54+/m1/s1. The second-order valence-corrected chi connectivity index (χ2v) is 16.4. The molecule has 13 heteroatoms. The predicted octanol–water partition coefficient (Wildman–Crippen LogP) is 10.2. The van der Waals surface area contributed by atoms with Crippen LogP contribution in [0.5, 0.6) is 0 Å². The second kappa shape index (κ2) is 25.4. The molecule has 6 aromatic carbocycles. The van der Waals surface area contributed by atoms with E-state index in [9.17, 15) is 5.53 Å². The van der Waals surface area contributed by atoms with Crippen molar-refractivity contribution in [2.45, 2.75) is 101 Å². The first-order valence-electron chi connectivity index (χ1n) is 22.6. The normalized spacial score (nSPS) is 25.0. The van der Waals surface area contributed by atoms with E-state index in [1.807, 2.05) is 182 Å². The van der Waals surface area contributed by atoms with Crippen molar-refractivity contribution in [2.24, 2.45) is 5.11 Å². The van der Waals surface area contributed by atoms with Crippen LogP contribution >= 0.6 is 0 Å². The number of nitrogens with zero attached hydrogens (tertiary/aromatic N) is 3. The summed E-state index contributed by atoms with van der Waals surface area (Å²) in [5.74, 6) is 0. The molecule has 0 aromatic heterocycles.